The molecule has 51 heavy (non-hydrogen) atoms. The van der Waals surface area contributed by atoms with E-state index in [1.165, 1.54) is 12.1 Å². The summed E-state index contributed by atoms with van der Waals surface area (Å²) in [6.07, 6.45) is 0.986. The molecule has 16 heteroatoms. The highest BCUT2D eigenvalue weighted by Gasteiger charge is 2.48. The SMILES string of the molecule is CC[C@@H](S)Nc1ccc(S(=O)(=O)NC(=O)c2ccc(N3CCC([C@@H](O)c4ccccc4-c4ccc(Cl)cc4)CC3)cc2)cc1S(=O)(=O)C(F)(F)F. The molecule has 1 saturated heterocycles. The lowest BCUT2D eigenvalue weighted by Gasteiger charge is -2.36. The van der Waals surface area contributed by atoms with E-state index < -0.39 is 58.2 Å². The zero-order valence-corrected chi connectivity index (χ0v) is 30.4. The smallest absolute Gasteiger partial charge is 0.388 e. The zero-order chi connectivity index (χ0) is 37.1. The Kier molecular flexibility index (Phi) is 11.7. The zero-order valence-electron chi connectivity index (χ0n) is 27.1. The molecule has 2 atom stereocenters. The first-order valence-corrected chi connectivity index (χ1v) is 19.7. The minimum atomic E-state index is -5.97. The second-order valence-corrected chi connectivity index (χ2v) is 16.7. The molecule has 1 amide bonds. The number of nitrogens with zero attached hydrogens (tertiary/aromatic N) is 1. The second-order valence-electron chi connectivity index (χ2n) is 12.0. The molecule has 0 aromatic heterocycles. The number of carbonyl (C=O) groups is 1. The van der Waals surface area contributed by atoms with Gasteiger partial charge in [-0.3, -0.25) is 4.79 Å². The molecule has 4 aromatic rings. The number of rotatable bonds is 11. The number of hydrogen-bond donors (Lipinski definition) is 4. The van der Waals surface area contributed by atoms with E-state index in [1.807, 2.05) is 36.4 Å². The number of amides is 1. The molecular formula is C35H35ClF3N3O6S3. The summed E-state index contributed by atoms with van der Waals surface area (Å²) >= 11 is 10.2. The van der Waals surface area contributed by atoms with Crippen LogP contribution < -0.4 is 14.9 Å². The van der Waals surface area contributed by atoms with Gasteiger partial charge in [0.2, 0.25) is 0 Å². The summed E-state index contributed by atoms with van der Waals surface area (Å²) in [6.45, 7) is 2.89. The number of piperidine rings is 1. The van der Waals surface area contributed by atoms with E-state index in [0.717, 1.165) is 34.5 Å². The average molecular weight is 782 g/mol. The van der Waals surface area contributed by atoms with Gasteiger partial charge in [-0.25, -0.2) is 21.6 Å². The maximum absolute atomic E-state index is 13.5. The average Bonchev–Trinajstić information content (AvgIpc) is 3.11. The third-order valence-corrected chi connectivity index (χ3v) is 12.3. The van der Waals surface area contributed by atoms with Crippen LogP contribution in [0, 0.1) is 5.92 Å². The van der Waals surface area contributed by atoms with Gasteiger partial charge in [0.1, 0.15) is 4.90 Å². The van der Waals surface area contributed by atoms with Gasteiger partial charge in [0, 0.05) is 29.4 Å². The van der Waals surface area contributed by atoms with E-state index in [2.05, 4.69) is 22.8 Å². The number of hydrogen-bond acceptors (Lipinski definition) is 9. The fourth-order valence-electron chi connectivity index (χ4n) is 5.86. The number of halogens is 4. The fraction of sp³-hybridized carbons (Fsp3) is 0.286. The van der Waals surface area contributed by atoms with Crippen molar-refractivity contribution in [2.45, 2.75) is 53.0 Å². The summed E-state index contributed by atoms with van der Waals surface area (Å²) in [5.74, 6) is -1.07. The van der Waals surface area contributed by atoms with E-state index in [4.69, 9.17) is 11.6 Å². The van der Waals surface area contributed by atoms with Crippen molar-refractivity contribution in [3.63, 3.8) is 0 Å². The molecule has 0 aliphatic carbocycles. The molecule has 1 aliphatic heterocycles. The number of carbonyl (C=O) groups excluding carboxylic acids is 1. The predicted molar refractivity (Wildman–Crippen MR) is 194 cm³/mol. The quantitative estimate of drug-likeness (QED) is 0.0912. The normalized spacial score (nSPS) is 15.6. The van der Waals surface area contributed by atoms with Crippen LogP contribution in [0.25, 0.3) is 11.1 Å². The lowest BCUT2D eigenvalue weighted by atomic mass is 9.84. The third-order valence-electron chi connectivity index (χ3n) is 8.71. The molecule has 0 unspecified atom stereocenters. The number of thiol groups is 1. The summed E-state index contributed by atoms with van der Waals surface area (Å²) < 4.78 is 93.1. The van der Waals surface area contributed by atoms with Crippen LogP contribution in [0.4, 0.5) is 24.5 Å². The van der Waals surface area contributed by atoms with Crippen LogP contribution in [-0.2, 0) is 19.9 Å². The number of anilines is 2. The number of aliphatic hydroxyl groups excluding tert-OH is 1. The maximum Gasteiger partial charge on any atom is 0.501 e. The number of benzene rings is 4. The predicted octanol–water partition coefficient (Wildman–Crippen LogP) is 7.45. The highest BCUT2D eigenvalue weighted by Crippen LogP contribution is 2.38. The van der Waals surface area contributed by atoms with Crippen molar-refractivity contribution in [3.8, 4) is 11.1 Å². The standard InChI is InChI=1S/C35H35ClF3N3O6S3/c1-2-32(49)40-30-16-15-27(21-31(30)50(45,46)35(37,38)39)51(47,48)41-34(44)24-9-13-26(14-10-24)42-19-17-23(18-20-42)33(43)29-6-4-3-5-28(29)22-7-11-25(36)12-8-22/h3-16,21,23,32-33,40,43,49H,2,17-20H2,1H3,(H,41,44)/t32-,33-/m1/s1. The molecule has 9 nitrogen and oxygen atoms in total. The van der Waals surface area contributed by atoms with Gasteiger partial charge in [-0.05, 0) is 96.5 Å². The van der Waals surface area contributed by atoms with Gasteiger partial charge < -0.3 is 15.3 Å². The Morgan fingerprint density at radius 2 is 1.59 bits per heavy atom. The van der Waals surface area contributed by atoms with Crippen LogP contribution in [0.3, 0.4) is 0 Å². The first-order valence-electron chi connectivity index (χ1n) is 15.9. The number of sulfonamides is 1. The van der Waals surface area contributed by atoms with Gasteiger partial charge in [0.15, 0.2) is 0 Å². The van der Waals surface area contributed by atoms with E-state index in [9.17, 15) is 39.9 Å². The van der Waals surface area contributed by atoms with E-state index in [1.54, 1.807) is 35.9 Å². The highest BCUT2D eigenvalue weighted by atomic mass is 35.5. The van der Waals surface area contributed by atoms with Gasteiger partial charge >= 0.3 is 5.51 Å². The summed E-state index contributed by atoms with van der Waals surface area (Å²) in [4.78, 5) is 12.9. The molecule has 1 heterocycles. The van der Waals surface area contributed by atoms with Crippen molar-refractivity contribution in [2.24, 2.45) is 5.92 Å². The van der Waals surface area contributed by atoms with Crippen molar-refractivity contribution in [2.75, 3.05) is 23.3 Å². The van der Waals surface area contributed by atoms with E-state index >= 15 is 0 Å². The molecule has 1 fully saturated rings. The number of alkyl halides is 3. The van der Waals surface area contributed by atoms with E-state index in [-0.39, 0.29) is 11.5 Å². The van der Waals surface area contributed by atoms with Crippen LogP contribution in [0.5, 0.6) is 0 Å². The largest absolute Gasteiger partial charge is 0.501 e. The minimum Gasteiger partial charge on any atom is -0.388 e. The summed E-state index contributed by atoms with van der Waals surface area (Å²) in [7, 11) is -10.8. The van der Waals surface area contributed by atoms with Gasteiger partial charge in [0.25, 0.3) is 25.8 Å². The Morgan fingerprint density at radius 3 is 2.20 bits per heavy atom. The van der Waals surface area contributed by atoms with Crippen molar-refractivity contribution in [1.82, 2.24) is 4.72 Å². The van der Waals surface area contributed by atoms with Crippen LogP contribution in [-0.4, -0.2) is 51.8 Å². The van der Waals surface area contributed by atoms with E-state index in [0.29, 0.717) is 43.4 Å². The molecule has 0 saturated carbocycles. The third kappa shape index (κ3) is 8.66. The summed E-state index contributed by atoms with van der Waals surface area (Å²) in [5.41, 5.74) is -2.77. The Balaban J connectivity index is 1.25. The van der Waals surface area contributed by atoms with Crippen molar-refractivity contribution < 1.29 is 39.9 Å². The lowest BCUT2D eigenvalue weighted by molar-refractivity contribution is -0.0435. The van der Waals surface area contributed by atoms with Gasteiger partial charge in [0.05, 0.1) is 22.1 Å². The van der Waals surface area contributed by atoms with Crippen molar-refractivity contribution in [3.05, 3.63) is 107 Å². The number of sulfone groups is 1. The molecule has 0 bridgehead atoms. The molecule has 0 radical (unpaired) electrons. The summed E-state index contributed by atoms with van der Waals surface area (Å²) in [6, 6.07) is 23.4. The number of nitrogens with one attached hydrogen (secondary N) is 2. The monoisotopic (exact) mass is 781 g/mol. The number of aliphatic hydroxyl groups is 1. The second kappa shape index (κ2) is 15.5. The Bertz CT molecular complexity index is 2090. The van der Waals surface area contributed by atoms with Gasteiger partial charge in [-0.15, -0.1) is 0 Å². The van der Waals surface area contributed by atoms with Crippen molar-refractivity contribution >= 4 is 61.4 Å². The minimum absolute atomic E-state index is 0.00703. The molecule has 0 spiro atoms. The highest BCUT2D eigenvalue weighted by molar-refractivity contribution is 7.92. The van der Waals surface area contributed by atoms with Crippen molar-refractivity contribution in [1.29, 1.82) is 0 Å². The van der Waals surface area contributed by atoms with Crippen LogP contribution in [0.15, 0.2) is 101 Å². The van der Waals surface area contributed by atoms with Gasteiger partial charge in [-0.2, -0.15) is 25.8 Å². The Morgan fingerprint density at radius 1 is 0.961 bits per heavy atom. The molecule has 5 rings (SSSR count). The lowest BCUT2D eigenvalue weighted by Crippen LogP contribution is -2.35. The molecule has 272 valence electrons. The first-order chi connectivity index (χ1) is 24.0. The van der Waals surface area contributed by atoms with Crippen LogP contribution in [0.1, 0.15) is 48.2 Å². The molecule has 3 N–H and O–H groups in total. The maximum atomic E-state index is 13.5. The van der Waals surface area contributed by atoms with Crippen LogP contribution >= 0.6 is 24.2 Å². The Labute approximate surface area is 305 Å². The van der Waals surface area contributed by atoms with Gasteiger partial charge in [-0.1, -0.05) is 54.9 Å². The van der Waals surface area contributed by atoms with Crippen LogP contribution in [0.2, 0.25) is 5.02 Å². The molecule has 4 aromatic carbocycles. The fourth-order valence-corrected chi connectivity index (χ4v) is 8.14. The Hall–Kier alpha value is -3.76. The topological polar surface area (TPSA) is 133 Å². The summed E-state index contributed by atoms with van der Waals surface area (Å²) in [5, 5.41) is 13.8. The molecular weight excluding hydrogens is 747 g/mol. The first kappa shape index (κ1) is 38.5. The molecule has 1 aliphatic rings.